The van der Waals surface area contributed by atoms with Gasteiger partial charge in [0.2, 0.25) is 5.91 Å². The Hall–Kier alpha value is -3.46. The molecule has 8 nitrogen and oxygen atoms in total. The minimum absolute atomic E-state index is 0.155. The fourth-order valence-electron chi connectivity index (χ4n) is 4.11. The van der Waals surface area contributed by atoms with E-state index in [0.717, 1.165) is 37.0 Å². The second-order valence-corrected chi connectivity index (χ2v) is 9.25. The molecule has 9 heteroatoms. The smallest absolute Gasteiger partial charge is 0.234 e. The molecule has 0 radical (unpaired) electrons. The second-order valence-electron chi connectivity index (χ2n) is 8.28. The van der Waals surface area contributed by atoms with Crippen LogP contribution >= 0.6 is 11.8 Å². The number of carbonyl (C=O) groups is 1. The fraction of sp³-hybridized carbons (Fsp3) is 0.346. The summed E-state index contributed by atoms with van der Waals surface area (Å²) in [6.07, 6.45) is 3.37. The van der Waals surface area contributed by atoms with Gasteiger partial charge in [0.05, 0.1) is 25.7 Å². The number of hydrogen-bond acceptors (Lipinski definition) is 8. The number of benzene rings is 2. The molecule has 0 saturated carbocycles. The van der Waals surface area contributed by atoms with Gasteiger partial charge in [0, 0.05) is 50.3 Å². The van der Waals surface area contributed by atoms with Crippen LogP contribution in [0.3, 0.4) is 0 Å². The fourth-order valence-corrected chi connectivity index (χ4v) is 4.89. The van der Waals surface area contributed by atoms with Crippen molar-refractivity contribution in [2.45, 2.75) is 18.9 Å². The molecule has 1 saturated heterocycles. The summed E-state index contributed by atoms with van der Waals surface area (Å²) in [5.41, 5.74) is 4.50. The van der Waals surface area contributed by atoms with E-state index in [9.17, 15) is 4.79 Å². The van der Waals surface area contributed by atoms with E-state index in [1.165, 1.54) is 28.6 Å². The minimum Gasteiger partial charge on any atom is -0.497 e. The van der Waals surface area contributed by atoms with E-state index in [1.807, 2.05) is 0 Å². The van der Waals surface area contributed by atoms with Gasteiger partial charge in [0.15, 0.2) is 5.82 Å². The summed E-state index contributed by atoms with van der Waals surface area (Å²) in [6.45, 7) is 7.82. The van der Waals surface area contributed by atoms with Gasteiger partial charge in [-0.1, -0.05) is 23.9 Å². The van der Waals surface area contributed by atoms with Gasteiger partial charge in [-0.15, -0.1) is 0 Å². The van der Waals surface area contributed by atoms with Crippen LogP contribution in [0.4, 0.5) is 17.2 Å². The lowest BCUT2D eigenvalue weighted by Gasteiger charge is -2.37. The number of thioether (sulfide) groups is 1. The highest BCUT2D eigenvalue weighted by Crippen LogP contribution is 2.31. The van der Waals surface area contributed by atoms with Crippen LogP contribution in [-0.2, 0) is 4.79 Å². The molecule has 1 aliphatic rings. The van der Waals surface area contributed by atoms with Crippen molar-refractivity contribution in [3.05, 3.63) is 59.9 Å². The summed E-state index contributed by atoms with van der Waals surface area (Å²) in [4.78, 5) is 26.5. The molecule has 1 fully saturated rings. The van der Waals surface area contributed by atoms with E-state index in [4.69, 9.17) is 9.47 Å². The molecular weight excluding hydrogens is 462 g/mol. The third kappa shape index (κ3) is 5.79. The molecule has 1 amide bonds. The molecule has 0 unspecified atom stereocenters. The zero-order chi connectivity index (χ0) is 24.8. The number of aryl methyl sites for hydroxylation is 1. The number of methoxy groups -OCH3 is 2. The van der Waals surface area contributed by atoms with Crippen molar-refractivity contribution in [3.63, 3.8) is 0 Å². The van der Waals surface area contributed by atoms with Gasteiger partial charge in [-0.3, -0.25) is 4.79 Å². The van der Waals surface area contributed by atoms with Crippen LogP contribution < -0.4 is 24.6 Å². The standard InChI is InChI=1S/C26H31N5O3S/c1-18-6-5-7-22(19(18)2)30-12-14-31(15-13-30)25-26(28-11-10-27-25)35-17-24(32)29-21-16-20(33-3)8-9-23(21)34-4/h5-11,16H,12-15,17H2,1-4H3,(H,29,32). The van der Waals surface area contributed by atoms with Crippen LogP contribution in [0, 0.1) is 13.8 Å². The largest absolute Gasteiger partial charge is 0.497 e. The first kappa shape index (κ1) is 24.7. The average Bonchev–Trinajstić information content (AvgIpc) is 2.89. The quantitative estimate of drug-likeness (QED) is 0.469. The van der Waals surface area contributed by atoms with Gasteiger partial charge >= 0.3 is 0 Å². The number of carbonyl (C=O) groups excluding carboxylic acids is 1. The minimum atomic E-state index is -0.155. The van der Waals surface area contributed by atoms with Gasteiger partial charge in [-0.05, 0) is 43.2 Å². The molecule has 0 atom stereocenters. The number of nitrogens with one attached hydrogen (secondary N) is 1. The molecular formula is C26H31N5O3S. The van der Waals surface area contributed by atoms with E-state index in [0.29, 0.717) is 17.2 Å². The van der Waals surface area contributed by atoms with Gasteiger partial charge < -0.3 is 24.6 Å². The van der Waals surface area contributed by atoms with Crippen LogP contribution in [0.5, 0.6) is 11.5 Å². The molecule has 1 aromatic heterocycles. The zero-order valence-corrected chi connectivity index (χ0v) is 21.4. The summed E-state index contributed by atoms with van der Waals surface area (Å²) >= 11 is 1.38. The maximum Gasteiger partial charge on any atom is 0.234 e. The third-order valence-corrected chi connectivity index (χ3v) is 7.13. The normalized spacial score (nSPS) is 13.5. The lowest BCUT2D eigenvalue weighted by molar-refractivity contribution is -0.113. The number of ether oxygens (including phenoxy) is 2. The van der Waals surface area contributed by atoms with Crippen molar-refractivity contribution in [1.82, 2.24) is 9.97 Å². The molecule has 0 spiro atoms. The van der Waals surface area contributed by atoms with Crippen LogP contribution in [0.25, 0.3) is 0 Å². The molecule has 4 rings (SSSR count). The van der Waals surface area contributed by atoms with E-state index in [-0.39, 0.29) is 11.7 Å². The molecule has 1 N–H and O–H groups in total. The molecule has 0 bridgehead atoms. The molecule has 1 aliphatic heterocycles. The molecule has 2 heterocycles. The Balaban J connectivity index is 1.39. The van der Waals surface area contributed by atoms with Crippen molar-refractivity contribution in [2.24, 2.45) is 0 Å². The first-order valence-corrected chi connectivity index (χ1v) is 12.5. The number of aromatic nitrogens is 2. The number of nitrogens with zero attached hydrogens (tertiary/aromatic N) is 4. The highest BCUT2D eigenvalue weighted by molar-refractivity contribution is 8.00. The topological polar surface area (TPSA) is 79.8 Å². The van der Waals surface area contributed by atoms with E-state index in [2.05, 4.69) is 57.1 Å². The van der Waals surface area contributed by atoms with Crippen LogP contribution in [-0.4, -0.2) is 62.0 Å². The summed E-state index contributed by atoms with van der Waals surface area (Å²) in [5.74, 6) is 2.09. The second kappa shape index (κ2) is 11.3. The molecule has 3 aromatic rings. The molecule has 35 heavy (non-hydrogen) atoms. The third-order valence-electron chi connectivity index (χ3n) is 6.16. The Bertz CT molecular complexity index is 1180. The Morgan fingerprint density at radius 3 is 2.49 bits per heavy atom. The van der Waals surface area contributed by atoms with Gasteiger partial charge in [-0.25, -0.2) is 9.97 Å². The average molecular weight is 494 g/mol. The first-order valence-electron chi connectivity index (χ1n) is 11.5. The van der Waals surface area contributed by atoms with Crippen LogP contribution in [0.1, 0.15) is 11.1 Å². The highest BCUT2D eigenvalue weighted by Gasteiger charge is 2.23. The van der Waals surface area contributed by atoms with Crippen LogP contribution in [0.15, 0.2) is 53.8 Å². The van der Waals surface area contributed by atoms with E-state index in [1.54, 1.807) is 44.8 Å². The summed E-state index contributed by atoms with van der Waals surface area (Å²) < 4.78 is 10.6. The maximum atomic E-state index is 12.7. The van der Waals surface area contributed by atoms with E-state index >= 15 is 0 Å². The monoisotopic (exact) mass is 493 g/mol. The van der Waals surface area contributed by atoms with Gasteiger partial charge in [-0.2, -0.15) is 0 Å². The van der Waals surface area contributed by atoms with Crippen molar-refractivity contribution in [1.29, 1.82) is 0 Å². The molecule has 0 aliphatic carbocycles. The summed E-state index contributed by atoms with van der Waals surface area (Å²) in [5, 5.41) is 3.66. The van der Waals surface area contributed by atoms with Gasteiger partial charge in [0.25, 0.3) is 0 Å². The number of rotatable bonds is 8. The molecule has 2 aromatic carbocycles. The lowest BCUT2D eigenvalue weighted by atomic mass is 10.1. The summed E-state index contributed by atoms with van der Waals surface area (Å²) in [7, 11) is 3.15. The number of anilines is 3. The first-order chi connectivity index (χ1) is 17.0. The predicted molar refractivity (Wildman–Crippen MR) is 141 cm³/mol. The Labute approximate surface area is 210 Å². The van der Waals surface area contributed by atoms with Crippen molar-refractivity contribution < 1.29 is 14.3 Å². The van der Waals surface area contributed by atoms with Crippen LogP contribution in [0.2, 0.25) is 0 Å². The maximum absolute atomic E-state index is 12.7. The lowest BCUT2D eigenvalue weighted by Crippen LogP contribution is -2.47. The number of hydrogen-bond donors (Lipinski definition) is 1. The van der Waals surface area contributed by atoms with Crippen molar-refractivity contribution in [3.8, 4) is 11.5 Å². The van der Waals surface area contributed by atoms with E-state index < -0.39 is 0 Å². The Kier molecular flexibility index (Phi) is 7.97. The SMILES string of the molecule is COc1ccc(OC)c(NC(=O)CSc2nccnc2N2CCN(c3cccc(C)c3C)CC2)c1. The van der Waals surface area contributed by atoms with Gasteiger partial charge in [0.1, 0.15) is 16.5 Å². The predicted octanol–water partition coefficient (Wildman–Crippen LogP) is 4.17. The number of amides is 1. The Morgan fingerprint density at radius 2 is 1.74 bits per heavy atom. The molecule has 184 valence electrons. The highest BCUT2D eigenvalue weighted by atomic mass is 32.2. The van der Waals surface area contributed by atoms with Crippen molar-refractivity contribution in [2.75, 3.05) is 61.3 Å². The zero-order valence-electron chi connectivity index (χ0n) is 20.6. The number of piperazine rings is 1. The Morgan fingerprint density at radius 1 is 1.00 bits per heavy atom. The summed E-state index contributed by atoms with van der Waals surface area (Å²) in [6, 6.07) is 11.8. The van der Waals surface area contributed by atoms with Crippen molar-refractivity contribution >= 4 is 34.9 Å².